The van der Waals surface area contributed by atoms with Crippen LogP contribution in [0.25, 0.3) is 0 Å². The smallest absolute Gasteiger partial charge is 0.172 e. The molecule has 2 heterocycles. The number of aliphatic hydroxyl groups is 1. The first-order valence-electron chi connectivity index (χ1n) is 6.42. The molecule has 3 heteroatoms. The molecule has 2 aliphatic heterocycles. The van der Waals surface area contributed by atoms with Crippen LogP contribution in [-0.4, -0.2) is 34.5 Å². The van der Waals surface area contributed by atoms with Gasteiger partial charge in [-0.1, -0.05) is 36.4 Å². The zero-order chi connectivity index (χ0) is 12.5. The van der Waals surface area contributed by atoms with Crippen LogP contribution in [-0.2, 0) is 11.3 Å². The first-order valence-corrected chi connectivity index (χ1v) is 6.42. The summed E-state index contributed by atoms with van der Waals surface area (Å²) in [5, 5.41) is 9.41. The topological polar surface area (TPSA) is 40.5 Å². The summed E-state index contributed by atoms with van der Waals surface area (Å²) in [6.07, 6.45) is 4.42. The maximum atomic E-state index is 11.9. The molecule has 1 saturated heterocycles. The van der Waals surface area contributed by atoms with E-state index in [2.05, 4.69) is 17.0 Å². The molecule has 0 unspecified atom stereocenters. The number of fused-ring (bicyclic) bond motifs is 2. The van der Waals surface area contributed by atoms with Crippen LogP contribution in [0.4, 0.5) is 0 Å². The minimum absolute atomic E-state index is 0.0441. The highest BCUT2D eigenvalue weighted by Crippen LogP contribution is 2.35. The van der Waals surface area contributed by atoms with Crippen molar-refractivity contribution in [3.05, 3.63) is 48.0 Å². The third-order valence-electron chi connectivity index (χ3n) is 4.02. The fraction of sp³-hybridized carbons (Fsp3) is 0.400. The number of nitrogens with zero attached hydrogens (tertiary/aromatic N) is 1. The van der Waals surface area contributed by atoms with Gasteiger partial charge >= 0.3 is 0 Å². The molecule has 18 heavy (non-hydrogen) atoms. The van der Waals surface area contributed by atoms with E-state index < -0.39 is 0 Å². The van der Waals surface area contributed by atoms with Gasteiger partial charge in [-0.15, -0.1) is 0 Å². The van der Waals surface area contributed by atoms with Gasteiger partial charge in [0, 0.05) is 25.1 Å². The molecule has 0 spiro atoms. The lowest BCUT2D eigenvalue weighted by molar-refractivity contribution is -0.119. The minimum atomic E-state index is -0.0441. The van der Waals surface area contributed by atoms with Gasteiger partial charge in [0.15, 0.2) is 5.78 Å². The molecule has 1 fully saturated rings. The zero-order valence-electron chi connectivity index (χ0n) is 10.2. The van der Waals surface area contributed by atoms with Crippen molar-refractivity contribution in [2.75, 3.05) is 6.61 Å². The number of hydrogen-bond donors (Lipinski definition) is 1. The number of ketones is 1. The maximum absolute atomic E-state index is 11.9. The Labute approximate surface area is 107 Å². The summed E-state index contributed by atoms with van der Waals surface area (Å²) >= 11 is 0. The number of carbonyl (C=O) groups excluding carboxylic acids is 1. The number of benzene rings is 1. The average Bonchev–Trinajstić information content (AvgIpc) is 2.65. The first-order chi connectivity index (χ1) is 8.79. The summed E-state index contributed by atoms with van der Waals surface area (Å²) in [6.45, 7) is 0.937. The second-order valence-corrected chi connectivity index (χ2v) is 5.10. The second-order valence-electron chi connectivity index (χ2n) is 5.10. The zero-order valence-corrected chi connectivity index (χ0v) is 10.2. The molecule has 0 amide bonds. The van der Waals surface area contributed by atoms with Gasteiger partial charge in [0.2, 0.25) is 0 Å². The molecule has 1 aromatic carbocycles. The lowest BCUT2D eigenvalue weighted by Gasteiger charge is -2.31. The highest BCUT2D eigenvalue weighted by Gasteiger charge is 2.44. The molecule has 1 N–H and O–H groups in total. The lowest BCUT2D eigenvalue weighted by atomic mass is 10.0. The van der Waals surface area contributed by atoms with Crippen molar-refractivity contribution in [3.63, 3.8) is 0 Å². The van der Waals surface area contributed by atoms with Gasteiger partial charge in [0.1, 0.15) is 0 Å². The average molecular weight is 243 g/mol. The minimum Gasteiger partial charge on any atom is -0.396 e. The molecule has 0 aromatic heterocycles. The molecule has 2 aliphatic rings. The van der Waals surface area contributed by atoms with Crippen LogP contribution < -0.4 is 0 Å². The van der Waals surface area contributed by atoms with Gasteiger partial charge in [-0.2, -0.15) is 0 Å². The van der Waals surface area contributed by atoms with Crippen LogP contribution in [0.15, 0.2) is 42.5 Å². The van der Waals surface area contributed by atoms with Crippen LogP contribution in [0.3, 0.4) is 0 Å². The summed E-state index contributed by atoms with van der Waals surface area (Å²) in [4.78, 5) is 14.1. The van der Waals surface area contributed by atoms with Gasteiger partial charge in [0.05, 0.1) is 6.04 Å². The molecular weight excluding hydrogens is 226 g/mol. The van der Waals surface area contributed by atoms with Crippen LogP contribution in [0.5, 0.6) is 0 Å². The van der Waals surface area contributed by atoms with E-state index in [1.165, 1.54) is 5.56 Å². The van der Waals surface area contributed by atoms with Gasteiger partial charge in [-0.05, 0) is 18.1 Å². The first kappa shape index (κ1) is 11.6. The Morgan fingerprint density at radius 1 is 1.28 bits per heavy atom. The Morgan fingerprint density at radius 2 is 2.06 bits per heavy atom. The fourth-order valence-electron chi connectivity index (χ4n) is 3.08. The van der Waals surface area contributed by atoms with Crippen LogP contribution >= 0.6 is 0 Å². The van der Waals surface area contributed by atoms with Gasteiger partial charge < -0.3 is 5.11 Å². The Balaban J connectivity index is 1.84. The van der Waals surface area contributed by atoms with E-state index in [0.29, 0.717) is 0 Å². The van der Waals surface area contributed by atoms with Gasteiger partial charge in [-0.25, -0.2) is 0 Å². The quantitative estimate of drug-likeness (QED) is 0.872. The van der Waals surface area contributed by atoms with Crippen molar-refractivity contribution in [3.8, 4) is 0 Å². The van der Waals surface area contributed by atoms with E-state index in [9.17, 15) is 9.90 Å². The van der Waals surface area contributed by atoms with Crippen molar-refractivity contribution in [2.45, 2.75) is 25.0 Å². The summed E-state index contributed by atoms with van der Waals surface area (Å²) in [7, 11) is 0. The fourth-order valence-corrected chi connectivity index (χ4v) is 3.08. The second kappa shape index (κ2) is 4.67. The summed E-state index contributed by atoms with van der Waals surface area (Å²) in [5.41, 5.74) is 1.22. The van der Waals surface area contributed by atoms with Crippen LogP contribution in [0.2, 0.25) is 0 Å². The van der Waals surface area contributed by atoms with E-state index in [4.69, 9.17) is 0 Å². The maximum Gasteiger partial charge on any atom is 0.172 e. The standard InChI is InChI=1S/C15H17NO2/c17-10-12-8-14-15(18)7-6-13(12)16(14)9-11-4-2-1-3-5-11/h1-7,12-14,17H,8-10H2/t12-,13-,14-/m0/s1. The molecular formula is C15H17NO2. The highest BCUT2D eigenvalue weighted by molar-refractivity contribution is 5.95. The lowest BCUT2D eigenvalue weighted by Crippen LogP contribution is -2.42. The van der Waals surface area contributed by atoms with Crippen LogP contribution in [0.1, 0.15) is 12.0 Å². The predicted octanol–water partition coefficient (Wildman–Crippen LogP) is 1.38. The Bertz CT molecular complexity index is 469. The third kappa shape index (κ3) is 1.89. The molecule has 3 atom stereocenters. The number of aliphatic hydroxyl groups excluding tert-OH is 1. The molecule has 2 bridgehead atoms. The summed E-state index contributed by atoms with van der Waals surface area (Å²) in [5.74, 6) is 0.375. The summed E-state index contributed by atoms with van der Waals surface area (Å²) in [6, 6.07) is 10.3. The van der Waals surface area contributed by atoms with Crippen molar-refractivity contribution >= 4 is 5.78 Å². The third-order valence-corrected chi connectivity index (χ3v) is 4.02. The molecule has 1 aromatic rings. The number of carbonyl (C=O) groups is 1. The van der Waals surface area contributed by atoms with Crippen molar-refractivity contribution < 1.29 is 9.90 Å². The van der Waals surface area contributed by atoms with Crippen molar-refractivity contribution in [2.24, 2.45) is 5.92 Å². The van der Waals surface area contributed by atoms with Crippen molar-refractivity contribution in [1.29, 1.82) is 0 Å². The van der Waals surface area contributed by atoms with Gasteiger partial charge in [-0.3, -0.25) is 9.69 Å². The largest absolute Gasteiger partial charge is 0.396 e. The van der Waals surface area contributed by atoms with E-state index in [1.54, 1.807) is 6.08 Å². The van der Waals surface area contributed by atoms with E-state index in [-0.39, 0.29) is 30.4 Å². The Morgan fingerprint density at radius 3 is 2.78 bits per heavy atom. The highest BCUT2D eigenvalue weighted by atomic mass is 16.3. The SMILES string of the molecule is O=C1C=C[C@H]2[C@H](CO)C[C@@H]1N2Cc1ccccc1. The number of rotatable bonds is 3. The molecule has 94 valence electrons. The van der Waals surface area contributed by atoms with E-state index >= 15 is 0 Å². The summed E-state index contributed by atoms with van der Waals surface area (Å²) < 4.78 is 0. The van der Waals surface area contributed by atoms with Gasteiger partial charge in [0.25, 0.3) is 0 Å². The molecule has 0 aliphatic carbocycles. The molecule has 0 radical (unpaired) electrons. The molecule has 3 rings (SSSR count). The molecule has 0 saturated carbocycles. The van der Waals surface area contributed by atoms with E-state index in [1.807, 2.05) is 24.3 Å². The predicted molar refractivity (Wildman–Crippen MR) is 68.9 cm³/mol. The Kier molecular flexibility index (Phi) is 3.02. The number of hydrogen-bond acceptors (Lipinski definition) is 3. The normalized spacial score (nSPS) is 30.9. The molecule has 3 nitrogen and oxygen atoms in total. The van der Waals surface area contributed by atoms with Crippen molar-refractivity contribution in [1.82, 2.24) is 4.90 Å². The monoisotopic (exact) mass is 243 g/mol. The van der Waals surface area contributed by atoms with Crippen LogP contribution in [0, 0.1) is 5.92 Å². The van der Waals surface area contributed by atoms with E-state index in [0.717, 1.165) is 13.0 Å². The Hall–Kier alpha value is -1.45.